The van der Waals surface area contributed by atoms with Gasteiger partial charge in [0.25, 0.3) is 0 Å². The van der Waals surface area contributed by atoms with Crippen molar-refractivity contribution in [2.45, 2.75) is 39.8 Å². The Kier molecular flexibility index (Phi) is 4.27. The van der Waals surface area contributed by atoms with Gasteiger partial charge in [-0.3, -0.25) is 15.1 Å². The lowest BCUT2D eigenvalue weighted by atomic mass is 9.86. The second-order valence-corrected chi connectivity index (χ2v) is 5.74. The summed E-state index contributed by atoms with van der Waals surface area (Å²) in [7, 11) is 0. The summed E-state index contributed by atoms with van der Waals surface area (Å²) in [5, 5.41) is 0. The van der Waals surface area contributed by atoms with Gasteiger partial charge in [-0.05, 0) is 31.2 Å². The Morgan fingerprint density at radius 2 is 2.26 bits per heavy atom. The van der Waals surface area contributed by atoms with Crippen molar-refractivity contribution in [1.29, 1.82) is 0 Å². The predicted octanol–water partition coefficient (Wildman–Crippen LogP) is 1.75. The summed E-state index contributed by atoms with van der Waals surface area (Å²) in [4.78, 5) is 14.0. The van der Waals surface area contributed by atoms with E-state index in [9.17, 15) is 4.79 Å². The number of furan rings is 1. The number of likely N-dealkylation sites (tertiary alicyclic amines) is 1. The number of carbonyl (C=O) groups excluding carboxylic acids is 1. The quantitative estimate of drug-likeness (QED) is 0.496. The third-order valence-electron chi connectivity index (χ3n) is 4.18. The van der Waals surface area contributed by atoms with Gasteiger partial charge in [0.15, 0.2) is 5.76 Å². The zero-order chi connectivity index (χ0) is 14.0. The van der Waals surface area contributed by atoms with Crippen LogP contribution < -0.4 is 11.3 Å². The van der Waals surface area contributed by atoms with Crippen LogP contribution >= 0.6 is 0 Å². The molecule has 1 amide bonds. The molecule has 106 valence electrons. The summed E-state index contributed by atoms with van der Waals surface area (Å²) < 4.78 is 5.23. The average molecular weight is 265 g/mol. The number of hydrazine groups is 1. The minimum atomic E-state index is -0.370. The molecular formula is C14H23N3O2. The molecule has 1 saturated heterocycles. The van der Waals surface area contributed by atoms with Crippen molar-refractivity contribution in [3.63, 3.8) is 0 Å². The zero-order valence-electron chi connectivity index (χ0n) is 11.8. The van der Waals surface area contributed by atoms with Crippen LogP contribution in [0.1, 0.15) is 43.3 Å². The Bertz CT molecular complexity index is 444. The first kappa shape index (κ1) is 14.1. The maximum atomic E-state index is 11.6. The van der Waals surface area contributed by atoms with Crippen LogP contribution in [0, 0.1) is 11.8 Å². The maximum absolute atomic E-state index is 11.6. The standard InChI is InChI=1S/C14H23N3O2/c1-9-6-10(2)11(3)17(7-9)8-12-4-5-19-13(12)14(18)16-15/h4-5,9-11H,6-8,15H2,1-3H3,(H,16,18). The van der Waals surface area contributed by atoms with Crippen molar-refractivity contribution >= 4 is 5.91 Å². The molecule has 3 atom stereocenters. The number of rotatable bonds is 3. The molecule has 3 N–H and O–H groups in total. The number of amides is 1. The molecule has 1 fully saturated rings. The van der Waals surface area contributed by atoms with Crippen molar-refractivity contribution in [2.24, 2.45) is 17.7 Å². The fourth-order valence-electron chi connectivity index (χ4n) is 2.98. The molecule has 5 nitrogen and oxygen atoms in total. The van der Waals surface area contributed by atoms with E-state index >= 15 is 0 Å². The van der Waals surface area contributed by atoms with Crippen LogP contribution in [0.5, 0.6) is 0 Å². The van der Waals surface area contributed by atoms with Gasteiger partial charge in [0.1, 0.15) is 0 Å². The molecule has 1 aromatic rings. The second kappa shape index (κ2) is 5.75. The van der Waals surface area contributed by atoms with Gasteiger partial charge >= 0.3 is 5.91 Å². The van der Waals surface area contributed by atoms with E-state index in [1.165, 1.54) is 6.42 Å². The molecule has 0 radical (unpaired) electrons. The van der Waals surface area contributed by atoms with Gasteiger partial charge in [-0.1, -0.05) is 13.8 Å². The first-order valence-electron chi connectivity index (χ1n) is 6.84. The van der Waals surface area contributed by atoms with Crippen LogP contribution in [0.25, 0.3) is 0 Å². The van der Waals surface area contributed by atoms with Crippen LogP contribution in [0.15, 0.2) is 16.7 Å². The highest BCUT2D eigenvalue weighted by Gasteiger charge is 2.29. The van der Waals surface area contributed by atoms with E-state index in [-0.39, 0.29) is 5.91 Å². The lowest BCUT2D eigenvalue weighted by Crippen LogP contribution is -2.45. The summed E-state index contributed by atoms with van der Waals surface area (Å²) in [6.07, 6.45) is 2.81. The fourth-order valence-corrected chi connectivity index (χ4v) is 2.98. The predicted molar refractivity (Wildman–Crippen MR) is 73.2 cm³/mol. The van der Waals surface area contributed by atoms with E-state index in [1.807, 2.05) is 6.07 Å². The number of nitrogens with one attached hydrogen (secondary N) is 1. The smallest absolute Gasteiger partial charge is 0.301 e. The Morgan fingerprint density at radius 3 is 2.95 bits per heavy atom. The lowest BCUT2D eigenvalue weighted by Gasteiger charge is -2.41. The van der Waals surface area contributed by atoms with E-state index in [0.717, 1.165) is 18.7 Å². The van der Waals surface area contributed by atoms with Crippen LogP contribution in [-0.4, -0.2) is 23.4 Å². The van der Waals surface area contributed by atoms with E-state index in [0.29, 0.717) is 23.6 Å². The van der Waals surface area contributed by atoms with Crippen molar-refractivity contribution in [2.75, 3.05) is 6.54 Å². The molecule has 1 aromatic heterocycles. The monoisotopic (exact) mass is 265 g/mol. The van der Waals surface area contributed by atoms with Crippen molar-refractivity contribution < 1.29 is 9.21 Å². The average Bonchev–Trinajstić information content (AvgIpc) is 2.82. The van der Waals surface area contributed by atoms with Crippen LogP contribution in [0.4, 0.5) is 0 Å². The first-order chi connectivity index (χ1) is 9.02. The third kappa shape index (κ3) is 2.98. The summed E-state index contributed by atoms with van der Waals surface area (Å²) in [5.74, 6) is 6.47. The number of nitrogens with zero attached hydrogens (tertiary/aromatic N) is 1. The Hall–Kier alpha value is -1.33. The zero-order valence-corrected chi connectivity index (χ0v) is 11.8. The minimum absolute atomic E-state index is 0.320. The van der Waals surface area contributed by atoms with Gasteiger partial charge in [0.05, 0.1) is 6.26 Å². The molecule has 2 rings (SSSR count). The number of carbonyl (C=O) groups is 1. The summed E-state index contributed by atoms with van der Waals surface area (Å²) >= 11 is 0. The van der Waals surface area contributed by atoms with Crippen molar-refractivity contribution in [3.05, 3.63) is 23.7 Å². The Labute approximate surface area is 114 Å². The van der Waals surface area contributed by atoms with E-state index in [1.54, 1.807) is 6.26 Å². The Morgan fingerprint density at radius 1 is 1.53 bits per heavy atom. The normalized spacial score (nSPS) is 28.3. The number of nitrogen functional groups attached to an aromatic ring is 1. The van der Waals surface area contributed by atoms with Crippen molar-refractivity contribution in [1.82, 2.24) is 10.3 Å². The third-order valence-corrected chi connectivity index (χ3v) is 4.18. The number of hydrogen-bond acceptors (Lipinski definition) is 4. The number of piperidine rings is 1. The van der Waals surface area contributed by atoms with E-state index in [2.05, 4.69) is 31.1 Å². The molecule has 0 bridgehead atoms. The molecular weight excluding hydrogens is 242 g/mol. The lowest BCUT2D eigenvalue weighted by molar-refractivity contribution is 0.0717. The topological polar surface area (TPSA) is 71.5 Å². The van der Waals surface area contributed by atoms with E-state index < -0.39 is 0 Å². The van der Waals surface area contributed by atoms with Gasteiger partial charge in [0, 0.05) is 24.7 Å². The molecule has 0 aromatic carbocycles. The minimum Gasteiger partial charge on any atom is -0.459 e. The fraction of sp³-hybridized carbons (Fsp3) is 0.643. The molecule has 0 spiro atoms. The van der Waals surface area contributed by atoms with Gasteiger partial charge in [-0.2, -0.15) is 0 Å². The molecule has 1 aliphatic heterocycles. The highest BCUT2D eigenvalue weighted by atomic mass is 16.3. The summed E-state index contributed by atoms with van der Waals surface area (Å²) in [6.45, 7) is 8.60. The molecule has 3 unspecified atom stereocenters. The molecule has 5 heteroatoms. The highest BCUT2D eigenvalue weighted by Crippen LogP contribution is 2.28. The SMILES string of the molecule is CC1CC(C)C(C)N(Cc2ccoc2C(=O)NN)C1. The van der Waals surface area contributed by atoms with Crippen LogP contribution in [0.3, 0.4) is 0 Å². The molecule has 0 saturated carbocycles. The Balaban J connectivity index is 2.12. The number of hydrogen-bond donors (Lipinski definition) is 2. The number of nitrogens with two attached hydrogens (primary N) is 1. The van der Waals surface area contributed by atoms with Crippen LogP contribution in [0.2, 0.25) is 0 Å². The molecule has 0 aliphatic carbocycles. The summed E-state index contributed by atoms with van der Waals surface area (Å²) in [5.41, 5.74) is 3.02. The first-order valence-corrected chi connectivity index (χ1v) is 6.84. The van der Waals surface area contributed by atoms with Gasteiger partial charge in [0.2, 0.25) is 0 Å². The van der Waals surface area contributed by atoms with Gasteiger partial charge < -0.3 is 4.42 Å². The second-order valence-electron chi connectivity index (χ2n) is 5.74. The van der Waals surface area contributed by atoms with Gasteiger partial charge in [-0.15, -0.1) is 0 Å². The van der Waals surface area contributed by atoms with Crippen molar-refractivity contribution in [3.8, 4) is 0 Å². The summed E-state index contributed by atoms with van der Waals surface area (Å²) in [6, 6.07) is 2.36. The van der Waals surface area contributed by atoms with Gasteiger partial charge in [-0.25, -0.2) is 5.84 Å². The molecule has 1 aliphatic rings. The molecule has 2 heterocycles. The highest BCUT2D eigenvalue weighted by molar-refractivity contribution is 5.92. The maximum Gasteiger partial charge on any atom is 0.301 e. The molecule has 19 heavy (non-hydrogen) atoms. The van der Waals surface area contributed by atoms with E-state index in [4.69, 9.17) is 10.3 Å². The van der Waals surface area contributed by atoms with Crippen LogP contribution in [-0.2, 0) is 6.54 Å². The largest absolute Gasteiger partial charge is 0.459 e.